The zero-order valence-electron chi connectivity index (χ0n) is 21.2. The van der Waals surface area contributed by atoms with E-state index in [1.54, 1.807) is 77.1 Å². The van der Waals surface area contributed by atoms with Gasteiger partial charge < -0.3 is 20.3 Å². The van der Waals surface area contributed by atoms with E-state index >= 15 is 0 Å². The standard InChI is InChI=1S/C27H34N4O4/c1-18(2)22(30-26(34)35-27(4,5)6)25(33)31(17-16-28)23(20-13-8-7-9-14-20)24(32)29-21-15-11-10-12-19(21)3/h7-15,18,22-23H,17H2,1-6H3,(H,29,32)(H,30,34). The molecule has 0 aliphatic heterocycles. The number of carbonyl (C=O) groups is 3. The highest BCUT2D eigenvalue weighted by Gasteiger charge is 2.37. The molecule has 2 unspecified atom stereocenters. The summed E-state index contributed by atoms with van der Waals surface area (Å²) in [5, 5.41) is 15.1. The number of anilines is 1. The number of nitrogens with one attached hydrogen (secondary N) is 2. The molecule has 0 aliphatic carbocycles. The van der Waals surface area contributed by atoms with Gasteiger partial charge in [0.15, 0.2) is 0 Å². The molecule has 2 N–H and O–H groups in total. The summed E-state index contributed by atoms with van der Waals surface area (Å²) in [6, 6.07) is 16.0. The number of hydrogen-bond acceptors (Lipinski definition) is 5. The molecule has 0 fully saturated rings. The Labute approximate surface area is 207 Å². The van der Waals surface area contributed by atoms with E-state index in [-0.39, 0.29) is 12.5 Å². The summed E-state index contributed by atoms with van der Waals surface area (Å²) >= 11 is 0. The quantitative estimate of drug-likeness (QED) is 0.540. The van der Waals surface area contributed by atoms with E-state index in [1.165, 1.54) is 4.90 Å². The molecular formula is C27H34N4O4. The summed E-state index contributed by atoms with van der Waals surface area (Å²) in [6.45, 7) is 10.2. The maximum Gasteiger partial charge on any atom is 0.408 e. The number of ether oxygens (including phenoxy) is 1. The molecule has 2 aromatic rings. The van der Waals surface area contributed by atoms with Crippen LogP contribution in [0.25, 0.3) is 0 Å². The van der Waals surface area contributed by atoms with E-state index in [0.29, 0.717) is 11.3 Å². The summed E-state index contributed by atoms with van der Waals surface area (Å²) in [5.74, 6) is -1.35. The topological polar surface area (TPSA) is 112 Å². The predicted octanol–water partition coefficient (Wildman–Crippen LogP) is 4.58. The highest BCUT2D eigenvalue weighted by molar-refractivity contribution is 5.99. The average molecular weight is 479 g/mol. The number of alkyl carbamates (subject to hydrolysis) is 1. The maximum absolute atomic E-state index is 13.7. The van der Waals surface area contributed by atoms with Gasteiger partial charge in [0.2, 0.25) is 5.91 Å². The number of benzene rings is 2. The predicted molar refractivity (Wildman–Crippen MR) is 134 cm³/mol. The van der Waals surface area contributed by atoms with Crippen LogP contribution in [0.1, 0.15) is 51.8 Å². The van der Waals surface area contributed by atoms with Crippen molar-refractivity contribution in [1.82, 2.24) is 10.2 Å². The molecule has 0 aromatic heterocycles. The molecule has 2 atom stereocenters. The van der Waals surface area contributed by atoms with Crippen molar-refractivity contribution < 1.29 is 19.1 Å². The Bertz CT molecular complexity index is 1070. The lowest BCUT2D eigenvalue weighted by molar-refractivity contribution is -0.140. The molecule has 2 rings (SSSR count). The molecule has 3 amide bonds. The number of rotatable bonds is 8. The van der Waals surface area contributed by atoms with Crippen LogP contribution in [0.3, 0.4) is 0 Å². The SMILES string of the molecule is Cc1ccccc1NC(=O)C(c1ccccc1)N(CC#N)C(=O)C(NC(=O)OC(C)(C)C)C(C)C. The Balaban J connectivity index is 2.45. The Hall–Kier alpha value is -3.86. The van der Waals surface area contributed by atoms with Crippen LogP contribution in [0.5, 0.6) is 0 Å². The van der Waals surface area contributed by atoms with Crippen molar-refractivity contribution in [3.8, 4) is 6.07 Å². The van der Waals surface area contributed by atoms with Crippen LogP contribution in [0.15, 0.2) is 54.6 Å². The zero-order valence-corrected chi connectivity index (χ0v) is 21.2. The van der Waals surface area contributed by atoms with Gasteiger partial charge in [0.25, 0.3) is 5.91 Å². The van der Waals surface area contributed by atoms with E-state index in [9.17, 15) is 19.6 Å². The first-order valence-electron chi connectivity index (χ1n) is 11.5. The third-order valence-electron chi connectivity index (χ3n) is 5.21. The fourth-order valence-electron chi connectivity index (χ4n) is 3.52. The van der Waals surface area contributed by atoms with Crippen molar-refractivity contribution in [1.29, 1.82) is 5.26 Å². The smallest absolute Gasteiger partial charge is 0.408 e. The van der Waals surface area contributed by atoms with E-state index < -0.39 is 35.6 Å². The van der Waals surface area contributed by atoms with Gasteiger partial charge in [-0.15, -0.1) is 0 Å². The minimum atomic E-state index is -1.09. The molecule has 186 valence electrons. The first-order chi connectivity index (χ1) is 16.4. The molecule has 8 heteroatoms. The molecule has 0 heterocycles. The Kier molecular flexibility index (Phi) is 9.41. The molecule has 35 heavy (non-hydrogen) atoms. The number of hydrogen-bond donors (Lipinski definition) is 2. The maximum atomic E-state index is 13.7. The third kappa shape index (κ3) is 7.85. The molecule has 0 aliphatic rings. The lowest BCUT2D eigenvalue weighted by atomic mass is 9.98. The minimum Gasteiger partial charge on any atom is -0.444 e. The van der Waals surface area contributed by atoms with E-state index in [0.717, 1.165) is 5.56 Å². The Morgan fingerprint density at radius 3 is 2.17 bits per heavy atom. The number of aryl methyl sites for hydroxylation is 1. The Morgan fingerprint density at radius 2 is 1.63 bits per heavy atom. The summed E-state index contributed by atoms with van der Waals surface area (Å²) in [4.78, 5) is 41.0. The fraction of sp³-hybridized carbons (Fsp3) is 0.407. The van der Waals surface area contributed by atoms with Gasteiger partial charge in [-0.2, -0.15) is 5.26 Å². The van der Waals surface area contributed by atoms with Gasteiger partial charge in [0.05, 0.1) is 6.07 Å². The lowest BCUT2D eigenvalue weighted by Gasteiger charge is -2.34. The second kappa shape index (κ2) is 12.0. The molecule has 2 aromatic carbocycles. The van der Waals surface area contributed by atoms with Gasteiger partial charge in [-0.25, -0.2) is 4.79 Å². The summed E-state index contributed by atoms with van der Waals surface area (Å²) in [7, 11) is 0. The third-order valence-corrected chi connectivity index (χ3v) is 5.21. The van der Waals surface area contributed by atoms with Crippen LogP contribution >= 0.6 is 0 Å². The number of carbonyl (C=O) groups excluding carboxylic acids is 3. The first kappa shape index (κ1) is 27.4. The van der Waals surface area contributed by atoms with E-state index in [1.807, 2.05) is 25.1 Å². The molecule has 0 bridgehead atoms. The van der Waals surface area contributed by atoms with Gasteiger partial charge in [0.1, 0.15) is 24.2 Å². The largest absolute Gasteiger partial charge is 0.444 e. The van der Waals surface area contributed by atoms with Crippen molar-refractivity contribution in [3.05, 3.63) is 65.7 Å². The summed E-state index contributed by atoms with van der Waals surface area (Å²) < 4.78 is 5.33. The zero-order chi connectivity index (χ0) is 26.2. The van der Waals surface area contributed by atoms with Gasteiger partial charge in [-0.05, 0) is 50.8 Å². The normalized spacial score (nSPS) is 12.7. The second-order valence-electron chi connectivity index (χ2n) is 9.61. The number of para-hydroxylation sites is 1. The molecule has 0 spiro atoms. The van der Waals surface area contributed by atoms with Crippen LogP contribution in [0.2, 0.25) is 0 Å². The van der Waals surface area contributed by atoms with Gasteiger partial charge in [0, 0.05) is 5.69 Å². The fourth-order valence-corrected chi connectivity index (χ4v) is 3.52. The Morgan fingerprint density at radius 1 is 1.03 bits per heavy atom. The number of amides is 3. The number of nitrogens with zero attached hydrogens (tertiary/aromatic N) is 2. The van der Waals surface area contributed by atoms with Crippen LogP contribution in [0.4, 0.5) is 10.5 Å². The molecule has 0 saturated carbocycles. The van der Waals surface area contributed by atoms with Crippen molar-refractivity contribution in [2.45, 2.75) is 59.2 Å². The summed E-state index contributed by atoms with van der Waals surface area (Å²) in [6.07, 6.45) is -0.748. The summed E-state index contributed by atoms with van der Waals surface area (Å²) in [5.41, 5.74) is 1.26. The van der Waals surface area contributed by atoms with Gasteiger partial charge >= 0.3 is 6.09 Å². The van der Waals surface area contributed by atoms with Crippen LogP contribution < -0.4 is 10.6 Å². The van der Waals surface area contributed by atoms with Crippen LogP contribution in [0, 0.1) is 24.2 Å². The van der Waals surface area contributed by atoms with Crippen molar-refractivity contribution in [2.75, 3.05) is 11.9 Å². The van der Waals surface area contributed by atoms with Crippen LogP contribution in [-0.4, -0.2) is 41.0 Å². The molecule has 8 nitrogen and oxygen atoms in total. The second-order valence-corrected chi connectivity index (χ2v) is 9.61. The molecule has 0 saturated heterocycles. The average Bonchev–Trinajstić information content (AvgIpc) is 2.77. The van der Waals surface area contributed by atoms with Crippen molar-refractivity contribution in [3.63, 3.8) is 0 Å². The van der Waals surface area contributed by atoms with E-state index in [2.05, 4.69) is 10.6 Å². The van der Waals surface area contributed by atoms with Gasteiger partial charge in [-0.1, -0.05) is 62.4 Å². The minimum absolute atomic E-state index is 0.327. The molecular weight excluding hydrogens is 444 g/mol. The monoisotopic (exact) mass is 478 g/mol. The molecule has 0 radical (unpaired) electrons. The van der Waals surface area contributed by atoms with E-state index in [4.69, 9.17) is 4.74 Å². The lowest BCUT2D eigenvalue weighted by Crippen LogP contribution is -2.54. The van der Waals surface area contributed by atoms with Crippen LogP contribution in [-0.2, 0) is 14.3 Å². The first-order valence-corrected chi connectivity index (χ1v) is 11.5. The highest BCUT2D eigenvalue weighted by Crippen LogP contribution is 2.26. The highest BCUT2D eigenvalue weighted by atomic mass is 16.6. The number of nitriles is 1. The van der Waals surface area contributed by atoms with Crippen molar-refractivity contribution in [2.24, 2.45) is 5.92 Å². The van der Waals surface area contributed by atoms with Gasteiger partial charge in [-0.3, -0.25) is 9.59 Å². The van der Waals surface area contributed by atoms with Crippen molar-refractivity contribution >= 4 is 23.6 Å².